The Morgan fingerprint density at radius 3 is 2.38 bits per heavy atom. The number of likely N-dealkylation sites (tertiary alicyclic amines) is 1. The second-order valence-electron chi connectivity index (χ2n) is 9.80. The van der Waals surface area contributed by atoms with Crippen molar-refractivity contribution in [2.24, 2.45) is 0 Å². The molecule has 1 saturated heterocycles. The Hall–Kier alpha value is -4.10. The number of benzene rings is 2. The molecule has 0 aliphatic carbocycles. The van der Waals surface area contributed by atoms with Gasteiger partial charge in [-0.1, -0.05) is 30.3 Å². The number of hydrogen-bond donors (Lipinski definition) is 2. The number of para-hydroxylation sites is 2. The van der Waals surface area contributed by atoms with Gasteiger partial charge in [0.05, 0.1) is 27.6 Å². The van der Waals surface area contributed by atoms with E-state index in [0.29, 0.717) is 21.9 Å². The average molecular weight is 572 g/mol. The van der Waals surface area contributed by atoms with E-state index < -0.39 is 11.2 Å². The molecule has 1 atom stereocenters. The molecule has 1 aliphatic rings. The van der Waals surface area contributed by atoms with Gasteiger partial charge in [-0.25, -0.2) is 9.97 Å². The lowest BCUT2D eigenvalue weighted by atomic mass is 10.1. The van der Waals surface area contributed by atoms with Gasteiger partial charge >= 0.3 is 0 Å². The van der Waals surface area contributed by atoms with Gasteiger partial charge in [-0.2, -0.15) is 0 Å². The number of rotatable bonds is 8. The van der Waals surface area contributed by atoms with Crippen LogP contribution in [0.25, 0.3) is 32.4 Å². The van der Waals surface area contributed by atoms with Gasteiger partial charge in [0.1, 0.15) is 0 Å². The molecule has 0 saturated carbocycles. The molecular weight excluding hydrogens is 546 g/mol. The van der Waals surface area contributed by atoms with E-state index in [2.05, 4.69) is 31.2 Å². The van der Waals surface area contributed by atoms with E-state index in [4.69, 9.17) is 4.98 Å². The summed E-state index contributed by atoms with van der Waals surface area (Å²) in [6.07, 6.45) is 5.27. The zero-order chi connectivity index (χ0) is 27.2. The third-order valence-corrected chi connectivity index (χ3v) is 9.00. The zero-order valence-corrected chi connectivity index (χ0v) is 22.9. The second-order valence-corrected chi connectivity index (χ2v) is 11.5. The van der Waals surface area contributed by atoms with Gasteiger partial charge in [0.15, 0.2) is 16.1 Å². The average Bonchev–Trinajstić information content (AvgIpc) is 3.77. The minimum absolute atomic E-state index is 0.00837. The summed E-state index contributed by atoms with van der Waals surface area (Å²) in [6.45, 7) is 3.20. The van der Waals surface area contributed by atoms with Gasteiger partial charge in [-0.05, 0) is 38.1 Å². The summed E-state index contributed by atoms with van der Waals surface area (Å²) >= 11 is 3.00. The first kappa shape index (κ1) is 24.9. The first-order valence-corrected chi connectivity index (χ1v) is 14.7. The molecule has 40 heavy (non-hydrogen) atoms. The van der Waals surface area contributed by atoms with Gasteiger partial charge < -0.3 is 10.4 Å². The standard InChI is InChI=1S/C28H25N7O3S2/c36-26(25-17-40-28-31-23(15-34(25)28)20-8-2-4-10-24(20)35(37)38)29-21-9-3-1-7-19(21)22-14-33-18(16-39-27(33)30-22)13-32-11-5-6-12-32/h1-4,7-10,14-17,26,29,36H,5-6,11-13H2. The third kappa shape index (κ3) is 4.44. The van der Waals surface area contributed by atoms with Crippen molar-refractivity contribution in [3.63, 3.8) is 0 Å². The number of thiazole rings is 2. The number of aliphatic hydroxyl groups is 1. The maximum Gasteiger partial charge on any atom is 0.278 e. The Morgan fingerprint density at radius 1 is 0.925 bits per heavy atom. The van der Waals surface area contributed by atoms with Crippen LogP contribution in [-0.2, 0) is 6.54 Å². The Morgan fingerprint density at radius 2 is 1.57 bits per heavy atom. The van der Waals surface area contributed by atoms with Crippen LogP contribution < -0.4 is 5.32 Å². The molecule has 5 heterocycles. The fourth-order valence-electron chi connectivity index (χ4n) is 5.27. The summed E-state index contributed by atoms with van der Waals surface area (Å²) in [5.41, 5.74) is 5.21. The van der Waals surface area contributed by atoms with Gasteiger partial charge in [0, 0.05) is 52.7 Å². The number of anilines is 1. The van der Waals surface area contributed by atoms with Gasteiger partial charge in [-0.15, -0.1) is 22.7 Å². The normalized spacial score (nSPS) is 14.8. The zero-order valence-electron chi connectivity index (χ0n) is 21.3. The first-order valence-electron chi connectivity index (χ1n) is 13.0. The third-order valence-electron chi connectivity index (χ3n) is 7.26. The number of hydrogen-bond acceptors (Lipinski definition) is 9. The molecule has 0 spiro atoms. The summed E-state index contributed by atoms with van der Waals surface area (Å²) in [5, 5.41) is 30.1. The van der Waals surface area contributed by atoms with Crippen LogP contribution in [-0.4, -0.2) is 46.8 Å². The molecule has 12 heteroatoms. The smallest absolute Gasteiger partial charge is 0.278 e. The quantitative estimate of drug-likeness (QED) is 0.130. The maximum absolute atomic E-state index is 11.5. The van der Waals surface area contributed by atoms with Crippen molar-refractivity contribution in [2.75, 3.05) is 18.4 Å². The fourth-order valence-corrected chi connectivity index (χ4v) is 7.03. The minimum Gasteiger partial charge on any atom is -0.368 e. The van der Waals surface area contributed by atoms with Crippen molar-refractivity contribution >= 4 is 44.0 Å². The molecule has 4 aromatic heterocycles. The van der Waals surface area contributed by atoms with Crippen molar-refractivity contribution < 1.29 is 10.0 Å². The highest BCUT2D eigenvalue weighted by molar-refractivity contribution is 7.15. The largest absolute Gasteiger partial charge is 0.368 e. The van der Waals surface area contributed by atoms with Gasteiger partial charge in [-0.3, -0.25) is 23.8 Å². The minimum atomic E-state index is -1.04. The van der Waals surface area contributed by atoms with Crippen molar-refractivity contribution in [3.05, 3.63) is 93.2 Å². The Labute approximate surface area is 236 Å². The van der Waals surface area contributed by atoms with Crippen LogP contribution >= 0.6 is 22.7 Å². The summed E-state index contributed by atoms with van der Waals surface area (Å²) in [5.74, 6) is 0. The molecule has 1 unspecified atom stereocenters. The van der Waals surface area contributed by atoms with E-state index >= 15 is 0 Å². The highest BCUT2D eigenvalue weighted by Gasteiger charge is 2.22. The highest BCUT2D eigenvalue weighted by atomic mass is 32.1. The molecule has 0 radical (unpaired) electrons. The number of nitro groups is 1. The van der Waals surface area contributed by atoms with E-state index in [1.54, 1.807) is 40.1 Å². The molecule has 0 amide bonds. The summed E-state index contributed by atoms with van der Waals surface area (Å²) in [4.78, 5) is 24.7. The van der Waals surface area contributed by atoms with Crippen LogP contribution in [0.1, 0.15) is 30.5 Å². The number of nitrogens with zero attached hydrogens (tertiary/aromatic N) is 6. The summed E-state index contributed by atoms with van der Waals surface area (Å²) < 4.78 is 3.94. The van der Waals surface area contributed by atoms with E-state index in [0.717, 1.165) is 41.5 Å². The summed E-state index contributed by atoms with van der Waals surface area (Å²) in [7, 11) is 0. The van der Waals surface area contributed by atoms with Crippen molar-refractivity contribution in [2.45, 2.75) is 25.6 Å². The molecule has 1 aliphatic heterocycles. The van der Waals surface area contributed by atoms with Gasteiger partial charge in [0.25, 0.3) is 5.69 Å². The molecule has 10 nitrogen and oxygen atoms in total. The lowest BCUT2D eigenvalue weighted by Gasteiger charge is -2.16. The van der Waals surface area contributed by atoms with E-state index in [9.17, 15) is 15.2 Å². The van der Waals surface area contributed by atoms with E-state index in [-0.39, 0.29) is 5.69 Å². The predicted octanol–water partition coefficient (Wildman–Crippen LogP) is 6.05. The fraction of sp³-hybridized carbons (Fsp3) is 0.214. The van der Waals surface area contributed by atoms with Crippen molar-refractivity contribution in [1.29, 1.82) is 0 Å². The number of fused-ring (bicyclic) bond motifs is 2. The lowest BCUT2D eigenvalue weighted by molar-refractivity contribution is -0.384. The van der Waals surface area contributed by atoms with Crippen LogP contribution in [0.5, 0.6) is 0 Å². The number of nitro benzene ring substituents is 1. The summed E-state index contributed by atoms with van der Waals surface area (Å²) in [6, 6.07) is 14.3. The first-order chi connectivity index (χ1) is 19.5. The number of nitrogens with one attached hydrogen (secondary N) is 1. The van der Waals surface area contributed by atoms with Crippen LogP contribution in [0.3, 0.4) is 0 Å². The highest BCUT2D eigenvalue weighted by Crippen LogP contribution is 2.34. The SMILES string of the molecule is O=[N+]([O-])c1ccccc1-c1cn2c(C(O)Nc3ccccc3-c3cn4c(CN5CCCC5)csc4n3)csc2n1. The van der Waals surface area contributed by atoms with E-state index in [1.165, 1.54) is 35.9 Å². The van der Waals surface area contributed by atoms with Crippen LogP contribution in [0.2, 0.25) is 0 Å². The molecule has 7 rings (SSSR count). The number of aliphatic hydroxyl groups excluding tert-OH is 1. The second kappa shape index (κ2) is 10.1. The molecule has 1 fully saturated rings. The van der Waals surface area contributed by atoms with Crippen LogP contribution in [0.15, 0.2) is 71.7 Å². The Balaban J connectivity index is 1.17. The molecule has 0 bridgehead atoms. The van der Waals surface area contributed by atoms with Crippen LogP contribution in [0, 0.1) is 10.1 Å². The Kier molecular flexibility index (Phi) is 6.31. The van der Waals surface area contributed by atoms with Gasteiger partial charge in [0.2, 0.25) is 0 Å². The Bertz CT molecular complexity index is 1850. The van der Waals surface area contributed by atoms with E-state index in [1.807, 2.05) is 29.6 Å². The molecule has 2 N–H and O–H groups in total. The molecule has 6 aromatic rings. The van der Waals surface area contributed by atoms with Crippen molar-refractivity contribution in [3.8, 4) is 22.5 Å². The molecule has 202 valence electrons. The topological polar surface area (TPSA) is 113 Å². The maximum atomic E-state index is 11.5. The molecule has 2 aromatic carbocycles. The molecular formula is C28H25N7O3S2. The lowest BCUT2D eigenvalue weighted by Crippen LogP contribution is -2.19. The van der Waals surface area contributed by atoms with Crippen LogP contribution in [0.4, 0.5) is 11.4 Å². The monoisotopic (exact) mass is 571 g/mol. The van der Waals surface area contributed by atoms with Crippen molar-refractivity contribution in [1.82, 2.24) is 23.7 Å². The number of aromatic nitrogens is 4. The predicted molar refractivity (Wildman–Crippen MR) is 157 cm³/mol. The number of imidazole rings is 2.